The van der Waals surface area contributed by atoms with Gasteiger partial charge in [-0.2, -0.15) is 9.97 Å². The predicted octanol–water partition coefficient (Wildman–Crippen LogP) is -5.59. The number of H-pyrrole nitrogens is 6. The number of anilines is 3. The fourth-order valence-electron chi connectivity index (χ4n) is 17.7. The zero-order valence-corrected chi connectivity index (χ0v) is 84.0. The standard InChI is InChI=1S/C71H95N21O41P6S4/c1-27-15-88(68(100)86-56(27)94)39-14-33(128-136(106,140)112-8)37(123-39)19-115-137(107,141)129-32-13-34(40-29(3)58(96)85-67(99)80-40)122-36(32)18-116-139(109,143)133-51-49-64(92-26-79-43-55(92)82-66(74)84-60(43)98)127-71(51,31(5)121-49)22-119-135(104,105)132-50-48-63(89-16-28(2)57(95)87-69(89)101)126-70(50,30(4)120-48)21-118-134(102,103)130-45-38(125-62(47(45)114-12-10-111-7)91-25-78-42-54(91)81-65(73)83-59(42)97)20-117-138(108,142)131-44-35(17-93)124-61(46(44)113-11-9-110-6)90-24-77-41-52(72)75-23-76-53(41)90/h15-16,23-26,30-39,44-51,61-64,93H,9-14,17-22H2,1-8H3,(H,102,103)(H,104,105)(H,106,140)(H,107,141)(H,108,142)(H,109,143)(H2,72,75,76)(H,86,94,100)(H,87,95,101)(H3,73,81,83,97)(H3,74,82,84,98)(H2,80,85,96,99)/p-6/t30-,31-,32+,33+,34+,35+,36+,37+,38+,39+,44-,45-,46?,47?,48?,49?,50+,51+,61+,62+,63+,64+,70-,71-,136?,137?,138?,139?/m0/s1. The van der Waals surface area contributed by atoms with Crippen molar-refractivity contribution in [3.63, 3.8) is 0 Å². The molecule has 72 heteroatoms. The predicted molar refractivity (Wildman–Crippen MR) is 482 cm³/mol. The Morgan fingerprint density at radius 2 is 0.979 bits per heavy atom. The van der Waals surface area contributed by atoms with E-state index in [-0.39, 0.29) is 87.9 Å². The number of methoxy groups -OCH3 is 2. The highest BCUT2D eigenvalue weighted by atomic mass is 32.7. The van der Waals surface area contributed by atoms with E-state index in [1.165, 1.54) is 65.9 Å². The molecule has 0 saturated carbocycles. The molecule has 13 N–H and O–H groups in total. The van der Waals surface area contributed by atoms with Crippen molar-refractivity contribution in [2.75, 3.05) is 105 Å². The smallest absolute Gasteiger partial charge is 0.330 e. The first-order valence-corrected chi connectivity index (χ1v) is 55.9. The summed E-state index contributed by atoms with van der Waals surface area (Å²) in [5.41, 5.74) is 4.50. The van der Waals surface area contributed by atoms with Gasteiger partial charge in [-0.1, -0.05) is 35.4 Å². The molecule has 0 radical (unpaired) electrons. The number of phosphoric acid groups is 2. The summed E-state index contributed by atoms with van der Waals surface area (Å²) in [6.07, 6.45) is -30.3. The number of imidazole rings is 3. The fourth-order valence-corrected chi connectivity index (χ4v) is 25.0. The Kier molecular flexibility index (Phi) is 31.2. The van der Waals surface area contributed by atoms with Crippen LogP contribution in [0, 0.1) is 20.8 Å². The third kappa shape index (κ3) is 21.9. The zero-order valence-electron chi connectivity index (χ0n) is 75.3. The van der Waals surface area contributed by atoms with Crippen LogP contribution in [-0.2, 0) is 172 Å². The van der Waals surface area contributed by atoms with E-state index in [0.717, 1.165) is 50.6 Å². The lowest BCUT2D eigenvalue weighted by Gasteiger charge is -2.40. The number of phosphoric ester groups is 2. The number of nitrogen functional groups attached to an aromatic ring is 3. The van der Waals surface area contributed by atoms with Crippen molar-refractivity contribution in [1.82, 2.24) is 87.6 Å². The molecule has 30 atom stereocenters. The van der Waals surface area contributed by atoms with Gasteiger partial charge in [-0.3, -0.25) is 85.4 Å². The van der Waals surface area contributed by atoms with Crippen LogP contribution in [0.3, 0.4) is 0 Å². The van der Waals surface area contributed by atoms with Gasteiger partial charge < -0.3 is 175 Å². The Balaban J connectivity index is 0.648. The number of aliphatic hydroxyl groups excluding tert-OH is 1. The number of aryl methyl sites for hydroxylation is 2. The van der Waals surface area contributed by atoms with Gasteiger partial charge in [0, 0.05) is 63.3 Å². The number of hydrogen-bond donors (Lipinski definition) is 10. The van der Waals surface area contributed by atoms with E-state index in [1.807, 2.05) is 0 Å². The largest absolute Gasteiger partial charge is 0.780 e. The molecular formula is C71H89N21O41P6S4-6. The molecule has 8 fully saturated rings. The monoisotopic (exact) mass is 2210 g/mol. The molecule has 0 aliphatic carbocycles. The number of ether oxygens (including phenoxy) is 12. The summed E-state index contributed by atoms with van der Waals surface area (Å²) in [7, 11) is -8.81. The Bertz CT molecular complexity index is 7160. The third-order valence-electron chi connectivity index (χ3n) is 24.6. The number of fused-ring (bicyclic) bond motifs is 7. The van der Waals surface area contributed by atoms with Crippen LogP contribution in [0.5, 0.6) is 0 Å². The lowest BCUT2D eigenvalue weighted by molar-refractivity contribution is -0.257. The van der Waals surface area contributed by atoms with Gasteiger partial charge in [-0.05, 0) is 34.6 Å². The highest BCUT2D eigenvalue weighted by Gasteiger charge is 2.71. The van der Waals surface area contributed by atoms with Gasteiger partial charge in [0.2, 0.25) is 11.9 Å². The summed E-state index contributed by atoms with van der Waals surface area (Å²) in [6.45, 7) is -20.4. The molecule has 8 aliphatic heterocycles. The second-order valence-corrected chi connectivity index (χ2v) is 47.1. The maximum Gasteiger partial charge on any atom is 0.330 e. The normalized spacial score (nSPS) is 32.1. The van der Waals surface area contributed by atoms with E-state index in [0.29, 0.717) is 0 Å². The first kappa shape index (κ1) is 107. The summed E-state index contributed by atoms with van der Waals surface area (Å²) in [5, 5.41) is 10.8. The van der Waals surface area contributed by atoms with E-state index in [4.69, 9.17) is 176 Å². The molecule has 8 aliphatic rings. The molecule has 9 aromatic heterocycles. The number of aliphatic hydroxyl groups is 1. The fraction of sp³-hybridized carbons (Fsp3) is 0.620. The van der Waals surface area contributed by atoms with E-state index < -0.39 is 298 Å². The molecule has 4 bridgehead atoms. The number of aromatic nitrogens is 18. The SMILES string of the molecule is COCCOC1[C@@H](OP([O-])(=S)OC[C@H]2O[C@@H](n3cnc4c(=O)[nH]c(N)nc43)C(OCCOC)[C@H]2OP(=O)([O-])OC[C@]23O[C@@H](n4cc(C)c(=O)[nH]c4=O)C(O[C@H]2C)[C@H]3OP(=O)([O-])OC[C@]23O[C@@H](n4cnc5c(=O)[nH]c(N)nc54)C(O[C@H]2C)[C@H]3OP(=O)([S-])OC[C@H]2O[C@@H](c3[nH]c(=O)[nH]c(=O)c3C)C[C@H]2OP([O-])(=S)OC[C@H]2O[C@@H](n3cc(C)c(=O)[nH]c3=O)C[C@H]2OP([O-])(=S)OC)[C@@H](CO)O[C@H]1n1cnc2c(N)ncnc21. The van der Waals surface area contributed by atoms with Gasteiger partial charge in [0.25, 0.3) is 43.4 Å². The van der Waals surface area contributed by atoms with Crippen molar-refractivity contribution in [3.05, 3.63) is 143 Å². The minimum atomic E-state index is -6.26. The highest BCUT2D eigenvalue weighted by molar-refractivity contribution is 8.32. The molecule has 0 spiro atoms. The number of nitrogens with two attached hydrogens (primary N) is 3. The molecule has 17 heterocycles. The maximum atomic E-state index is 15.3. The van der Waals surface area contributed by atoms with Crippen LogP contribution < -0.4 is 86.5 Å². The average Bonchev–Trinajstić information content (AvgIpc) is 1.54. The lowest BCUT2D eigenvalue weighted by Crippen LogP contribution is -2.52. The van der Waals surface area contributed by atoms with Crippen LogP contribution in [0.15, 0.2) is 76.1 Å². The van der Waals surface area contributed by atoms with E-state index in [1.54, 1.807) is 0 Å². The third-order valence-corrected chi connectivity index (χ3v) is 32.8. The van der Waals surface area contributed by atoms with Crippen LogP contribution in [-0.4, -0.2) is 289 Å². The number of aromatic amines is 6. The summed E-state index contributed by atoms with van der Waals surface area (Å²) >= 11 is 21.5. The lowest BCUT2D eigenvalue weighted by atomic mass is 9.94. The van der Waals surface area contributed by atoms with Gasteiger partial charge in [0.1, 0.15) is 129 Å². The summed E-state index contributed by atoms with van der Waals surface area (Å²) in [4.78, 5) is 221. The molecule has 8 saturated heterocycles. The van der Waals surface area contributed by atoms with Crippen molar-refractivity contribution >= 4 is 141 Å². The Labute approximate surface area is 820 Å². The van der Waals surface area contributed by atoms with Gasteiger partial charge in [0.15, 0.2) is 65.5 Å². The molecule has 143 heavy (non-hydrogen) atoms. The maximum absolute atomic E-state index is 15.3. The average molecular weight is 2210 g/mol. The van der Waals surface area contributed by atoms with Crippen LogP contribution in [0.4, 0.5) is 17.7 Å². The molecular weight excluding hydrogens is 2120 g/mol. The first-order valence-electron chi connectivity index (χ1n) is 42.8. The second-order valence-electron chi connectivity index (χ2n) is 33.5. The molecule has 62 nitrogen and oxygen atoms in total. The molecule has 9 aromatic rings. The van der Waals surface area contributed by atoms with E-state index >= 15 is 23.5 Å². The minimum absolute atomic E-state index is 0.0129. The highest BCUT2D eigenvalue weighted by Crippen LogP contribution is 2.63. The van der Waals surface area contributed by atoms with Gasteiger partial charge >= 0.3 is 17.1 Å². The van der Waals surface area contributed by atoms with Crippen LogP contribution in [0.1, 0.15) is 86.3 Å². The van der Waals surface area contributed by atoms with E-state index in [2.05, 4.69) is 64.8 Å². The first-order chi connectivity index (χ1) is 67.6. The van der Waals surface area contributed by atoms with Crippen molar-refractivity contribution in [2.45, 2.75) is 194 Å². The Hall–Kier alpha value is -7.52. The number of nitrogens with zero attached hydrogens (tertiary/aromatic N) is 12. The van der Waals surface area contributed by atoms with Crippen LogP contribution >= 0.6 is 42.6 Å². The topological polar surface area (TPSA) is 832 Å². The number of nitrogens with one attached hydrogen (secondary N) is 6. The van der Waals surface area contributed by atoms with Gasteiger partial charge in [0.05, 0.1) is 115 Å². The number of hydrogen-bond acceptors (Lipinski definition) is 55. The van der Waals surface area contributed by atoms with Crippen molar-refractivity contribution in [3.8, 4) is 0 Å². The molecule has 0 amide bonds. The summed E-state index contributed by atoms with van der Waals surface area (Å²) in [6, 6.07) is 0. The zero-order chi connectivity index (χ0) is 103. The second kappa shape index (κ2) is 41.8. The quantitative estimate of drug-likeness (QED) is 0.00968. The Morgan fingerprint density at radius 3 is 1.55 bits per heavy atom. The number of rotatable bonds is 43. The molecule has 784 valence electrons. The Morgan fingerprint density at radius 1 is 0.497 bits per heavy atom. The van der Waals surface area contributed by atoms with Crippen molar-refractivity contribution in [1.29, 1.82) is 0 Å². The molecule has 17 rings (SSSR count). The van der Waals surface area contributed by atoms with Crippen molar-refractivity contribution < 1.29 is 154 Å². The molecule has 0 aromatic carbocycles. The van der Waals surface area contributed by atoms with Crippen molar-refractivity contribution in [2.24, 2.45) is 0 Å². The van der Waals surface area contributed by atoms with E-state index in [9.17, 15) is 58.1 Å². The molecule has 10 unspecified atom stereocenters. The van der Waals surface area contributed by atoms with Gasteiger partial charge in [-0.15, -0.1) is 0 Å². The van der Waals surface area contributed by atoms with Crippen LogP contribution in [0.2, 0.25) is 0 Å². The summed E-state index contributed by atoms with van der Waals surface area (Å²) in [5.74, 6) is -0.895. The van der Waals surface area contributed by atoms with Crippen LogP contribution in [0.25, 0.3) is 33.5 Å². The minimum Gasteiger partial charge on any atom is -0.780 e. The van der Waals surface area contributed by atoms with Gasteiger partial charge in [-0.25, -0.2) is 39.3 Å². The summed E-state index contributed by atoms with van der Waals surface area (Å²) < 4.78 is 195.